The molecule has 2 aromatic carbocycles. The first-order chi connectivity index (χ1) is 8.79. The molecule has 2 rings (SSSR count). The third kappa shape index (κ3) is 3.18. The summed E-state index contributed by atoms with van der Waals surface area (Å²) in [7, 11) is 0. The Balaban J connectivity index is 2.03. The predicted octanol–water partition coefficient (Wildman–Crippen LogP) is 2.91. The van der Waals surface area contributed by atoms with E-state index < -0.39 is 0 Å². The van der Waals surface area contributed by atoms with E-state index in [2.05, 4.69) is 5.32 Å². The Labute approximate surface area is 106 Å². The Bertz CT molecular complexity index is 506. The van der Waals surface area contributed by atoms with E-state index in [1.165, 1.54) is 0 Å². The maximum atomic E-state index is 11.9. The van der Waals surface area contributed by atoms with Crippen molar-refractivity contribution < 1.29 is 9.90 Å². The molecule has 0 spiro atoms. The van der Waals surface area contributed by atoms with Gasteiger partial charge in [-0.2, -0.15) is 0 Å². The zero-order valence-electron chi connectivity index (χ0n) is 9.93. The molecule has 0 aliphatic carbocycles. The Morgan fingerprint density at radius 2 is 1.61 bits per heavy atom. The average molecular weight is 240 g/mol. The summed E-state index contributed by atoms with van der Waals surface area (Å²) < 4.78 is 0. The van der Waals surface area contributed by atoms with Crippen molar-refractivity contribution in [1.82, 2.24) is 0 Å². The highest BCUT2D eigenvalue weighted by Gasteiger charge is 2.04. The van der Waals surface area contributed by atoms with Crippen molar-refractivity contribution >= 4 is 11.6 Å². The molecule has 0 saturated heterocycles. The molecular weight excluding hydrogens is 226 g/mol. The van der Waals surface area contributed by atoms with Gasteiger partial charge in [-0.15, -0.1) is 0 Å². The van der Waals surface area contributed by atoms with Crippen molar-refractivity contribution in [3.63, 3.8) is 0 Å². The molecule has 0 fully saturated rings. The standard InChI is InChI=1S/C15H14NO2/c17-11-10-12-6-8-14(9-7-12)16-15(18)13-4-2-1-3-5-13/h1-9H,10-11H2,(H,16,18). The summed E-state index contributed by atoms with van der Waals surface area (Å²) in [5.74, 6) is -0.132. The second kappa shape index (κ2) is 5.98. The van der Waals surface area contributed by atoms with Crippen LogP contribution in [0.25, 0.3) is 0 Å². The Morgan fingerprint density at radius 1 is 0.944 bits per heavy atom. The Kier molecular flexibility index (Phi) is 4.10. The van der Waals surface area contributed by atoms with Gasteiger partial charge in [-0.05, 0) is 36.2 Å². The lowest BCUT2D eigenvalue weighted by Crippen LogP contribution is -2.11. The topological polar surface area (TPSA) is 49.0 Å². The number of nitrogens with one attached hydrogen (secondary N) is 1. The largest absolute Gasteiger partial charge is 0.322 e. The van der Waals surface area contributed by atoms with Gasteiger partial charge >= 0.3 is 0 Å². The molecule has 3 nitrogen and oxygen atoms in total. The highest BCUT2D eigenvalue weighted by Crippen LogP contribution is 2.11. The first kappa shape index (κ1) is 12.3. The minimum atomic E-state index is -0.132. The van der Waals surface area contributed by atoms with Crippen LogP contribution in [0.15, 0.2) is 54.6 Å². The van der Waals surface area contributed by atoms with Crippen LogP contribution in [0.3, 0.4) is 0 Å². The van der Waals surface area contributed by atoms with E-state index in [1.807, 2.05) is 42.5 Å². The van der Waals surface area contributed by atoms with E-state index in [0.717, 1.165) is 11.3 Å². The van der Waals surface area contributed by atoms with E-state index in [9.17, 15) is 9.90 Å². The fraction of sp³-hybridized carbons (Fsp3) is 0.133. The third-order valence-electron chi connectivity index (χ3n) is 2.64. The molecule has 0 bridgehead atoms. The van der Waals surface area contributed by atoms with Gasteiger partial charge in [0.1, 0.15) is 0 Å². The second-order valence-electron chi connectivity index (χ2n) is 3.97. The lowest BCUT2D eigenvalue weighted by molar-refractivity contribution is 0.102. The van der Waals surface area contributed by atoms with Gasteiger partial charge in [-0.25, -0.2) is 5.11 Å². The molecule has 0 aliphatic heterocycles. The molecule has 1 N–H and O–H groups in total. The number of hydrogen-bond acceptors (Lipinski definition) is 1. The van der Waals surface area contributed by atoms with Gasteiger partial charge in [0, 0.05) is 11.3 Å². The van der Waals surface area contributed by atoms with Gasteiger partial charge < -0.3 is 5.32 Å². The zero-order valence-corrected chi connectivity index (χ0v) is 9.93. The van der Waals surface area contributed by atoms with Crippen LogP contribution in [0.1, 0.15) is 15.9 Å². The van der Waals surface area contributed by atoms with Gasteiger partial charge in [0.2, 0.25) is 0 Å². The van der Waals surface area contributed by atoms with Crippen molar-refractivity contribution in [3.8, 4) is 0 Å². The molecule has 18 heavy (non-hydrogen) atoms. The molecule has 0 aromatic heterocycles. The Hall–Kier alpha value is -2.13. The molecule has 2 aromatic rings. The van der Waals surface area contributed by atoms with E-state index in [4.69, 9.17) is 0 Å². The number of carbonyl (C=O) groups excluding carboxylic acids is 1. The quantitative estimate of drug-likeness (QED) is 0.877. The summed E-state index contributed by atoms with van der Waals surface area (Å²) in [6.45, 7) is -0.115. The summed E-state index contributed by atoms with van der Waals surface area (Å²) in [5.41, 5.74) is 2.35. The van der Waals surface area contributed by atoms with Gasteiger partial charge in [-0.1, -0.05) is 30.3 Å². The van der Waals surface area contributed by atoms with Crippen LogP contribution < -0.4 is 5.32 Å². The van der Waals surface area contributed by atoms with E-state index in [0.29, 0.717) is 12.0 Å². The van der Waals surface area contributed by atoms with Gasteiger partial charge in [0.15, 0.2) is 0 Å². The summed E-state index contributed by atoms with van der Waals surface area (Å²) in [6, 6.07) is 16.4. The summed E-state index contributed by atoms with van der Waals surface area (Å²) in [5, 5.41) is 13.3. The predicted molar refractivity (Wildman–Crippen MR) is 70.1 cm³/mol. The average Bonchev–Trinajstić information content (AvgIpc) is 2.42. The van der Waals surface area contributed by atoms with Gasteiger partial charge in [-0.3, -0.25) is 4.79 Å². The van der Waals surface area contributed by atoms with Crippen LogP contribution in [0.2, 0.25) is 0 Å². The number of amides is 1. The fourth-order valence-electron chi connectivity index (χ4n) is 1.67. The first-order valence-electron chi connectivity index (χ1n) is 5.83. The molecule has 3 heteroatoms. The van der Waals surface area contributed by atoms with E-state index in [1.54, 1.807) is 12.1 Å². The highest BCUT2D eigenvalue weighted by atomic mass is 16.2. The first-order valence-corrected chi connectivity index (χ1v) is 5.83. The molecule has 91 valence electrons. The second-order valence-corrected chi connectivity index (χ2v) is 3.97. The summed E-state index contributed by atoms with van der Waals surface area (Å²) in [4.78, 5) is 11.9. The zero-order chi connectivity index (χ0) is 12.8. The number of carbonyl (C=O) groups is 1. The van der Waals surface area contributed by atoms with Crippen LogP contribution in [0, 0.1) is 0 Å². The lowest BCUT2D eigenvalue weighted by atomic mass is 10.1. The van der Waals surface area contributed by atoms with Crippen LogP contribution in [0.5, 0.6) is 0 Å². The maximum Gasteiger partial charge on any atom is 0.255 e. The minimum Gasteiger partial charge on any atom is -0.322 e. The van der Waals surface area contributed by atoms with Crippen molar-refractivity contribution in [2.24, 2.45) is 0 Å². The molecule has 0 aliphatic rings. The van der Waals surface area contributed by atoms with Crippen molar-refractivity contribution in [1.29, 1.82) is 0 Å². The minimum absolute atomic E-state index is 0.115. The number of rotatable bonds is 4. The van der Waals surface area contributed by atoms with Crippen molar-refractivity contribution in [3.05, 3.63) is 65.7 Å². The molecule has 1 amide bonds. The van der Waals surface area contributed by atoms with Crippen LogP contribution in [-0.2, 0) is 11.5 Å². The molecule has 0 unspecified atom stereocenters. The number of anilines is 1. The van der Waals surface area contributed by atoms with Crippen molar-refractivity contribution in [2.45, 2.75) is 6.42 Å². The normalized spacial score (nSPS) is 10.1. The van der Waals surface area contributed by atoms with E-state index in [-0.39, 0.29) is 12.5 Å². The van der Waals surface area contributed by atoms with Gasteiger partial charge in [0.05, 0.1) is 6.61 Å². The third-order valence-corrected chi connectivity index (χ3v) is 2.64. The van der Waals surface area contributed by atoms with Crippen molar-refractivity contribution in [2.75, 3.05) is 11.9 Å². The van der Waals surface area contributed by atoms with Crippen LogP contribution in [0.4, 0.5) is 5.69 Å². The molecule has 0 heterocycles. The molecular formula is C15H14NO2. The fourth-order valence-corrected chi connectivity index (χ4v) is 1.67. The van der Waals surface area contributed by atoms with Crippen LogP contribution in [-0.4, -0.2) is 12.5 Å². The summed E-state index contributed by atoms with van der Waals surface area (Å²) >= 11 is 0. The number of hydrogen-bond donors (Lipinski definition) is 1. The van der Waals surface area contributed by atoms with Crippen LogP contribution >= 0.6 is 0 Å². The SMILES string of the molecule is [O]CCc1ccc(NC(=O)c2ccccc2)cc1. The smallest absolute Gasteiger partial charge is 0.255 e. The Morgan fingerprint density at radius 3 is 2.22 bits per heavy atom. The molecule has 0 saturated carbocycles. The monoisotopic (exact) mass is 240 g/mol. The highest BCUT2D eigenvalue weighted by molar-refractivity contribution is 6.04. The summed E-state index contributed by atoms with van der Waals surface area (Å²) in [6.07, 6.45) is 0.521. The molecule has 1 radical (unpaired) electrons. The molecule has 0 atom stereocenters. The maximum absolute atomic E-state index is 11.9. The van der Waals surface area contributed by atoms with E-state index >= 15 is 0 Å². The number of benzene rings is 2. The van der Waals surface area contributed by atoms with Gasteiger partial charge in [0.25, 0.3) is 5.91 Å². The lowest BCUT2D eigenvalue weighted by Gasteiger charge is -2.06.